The molecule has 0 atom stereocenters. The number of aromatic nitrogens is 2. The fraction of sp³-hybridized carbons (Fsp3) is 0.429. The van der Waals surface area contributed by atoms with Crippen molar-refractivity contribution >= 4 is 17.1 Å². The third kappa shape index (κ3) is 2.87. The van der Waals surface area contributed by atoms with Crippen LogP contribution in [0.15, 0.2) is 29.3 Å². The van der Waals surface area contributed by atoms with Crippen molar-refractivity contribution in [3.63, 3.8) is 0 Å². The summed E-state index contributed by atoms with van der Waals surface area (Å²) in [6.07, 6.45) is 4.34. The van der Waals surface area contributed by atoms with Gasteiger partial charge in [0, 0.05) is 23.3 Å². The van der Waals surface area contributed by atoms with E-state index >= 15 is 0 Å². The van der Waals surface area contributed by atoms with Crippen LogP contribution < -0.4 is 5.69 Å². The number of rotatable bonds is 5. The SMILES string of the molecule is CCc1ccc(C(=O)Cn2ccn(C(C)C)c2=O)s1. The molecule has 2 aromatic heterocycles. The van der Waals surface area contributed by atoms with Gasteiger partial charge in [0.2, 0.25) is 0 Å². The quantitative estimate of drug-likeness (QED) is 0.789. The number of carbonyl (C=O) groups is 1. The Morgan fingerprint density at radius 3 is 2.58 bits per heavy atom. The number of thiophene rings is 1. The summed E-state index contributed by atoms with van der Waals surface area (Å²) in [7, 11) is 0. The lowest BCUT2D eigenvalue weighted by Gasteiger charge is -2.04. The van der Waals surface area contributed by atoms with Gasteiger partial charge in [-0.2, -0.15) is 0 Å². The first kappa shape index (κ1) is 13.8. The van der Waals surface area contributed by atoms with E-state index in [1.807, 2.05) is 26.0 Å². The number of hydrogen-bond acceptors (Lipinski definition) is 3. The standard InChI is InChI=1S/C14H18N2O2S/c1-4-11-5-6-13(19-11)12(17)9-15-7-8-16(10(2)3)14(15)18/h5-8,10H,4,9H2,1-3H3. The van der Waals surface area contributed by atoms with Gasteiger partial charge < -0.3 is 0 Å². The fourth-order valence-corrected chi connectivity index (χ4v) is 2.77. The zero-order valence-corrected chi connectivity index (χ0v) is 12.2. The van der Waals surface area contributed by atoms with E-state index in [1.54, 1.807) is 17.0 Å². The third-order valence-electron chi connectivity index (χ3n) is 3.03. The van der Waals surface area contributed by atoms with Crippen LogP contribution in [0.5, 0.6) is 0 Å². The van der Waals surface area contributed by atoms with Crippen molar-refractivity contribution in [2.75, 3.05) is 0 Å². The van der Waals surface area contributed by atoms with Crippen molar-refractivity contribution in [1.29, 1.82) is 0 Å². The third-order valence-corrected chi connectivity index (χ3v) is 4.30. The molecule has 0 aliphatic heterocycles. The summed E-state index contributed by atoms with van der Waals surface area (Å²) in [6, 6.07) is 3.92. The van der Waals surface area contributed by atoms with Gasteiger partial charge in [-0.1, -0.05) is 6.92 Å². The minimum atomic E-state index is -0.129. The molecule has 0 radical (unpaired) electrons. The van der Waals surface area contributed by atoms with Gasteiger partial charge in [-0.3, -0.25) is 13.9 Å². The van der Waals surface area contributed by atoms with Gasteiger partial charge in [0.1, 0.15) is 0 Å². The molecule has 102 valence electrons. The molecule has 5 heteroatoms. The minimum absolute atomic E-state index is 0.00620. The highest BCUT2D eigenvalue weighted by molar-refractivity contribution is 7.14. The van der Waals surface area contributed by atoms with Gasteiger partial charge in [0.15, 0.2) is 5.78 Å². The van der Waals surface area contributed by atoms with Crippen molar-refractivity contribution in [3.05, 3.63) is 44.8 Å². The molecule has 0 bridgehead atoms. The molecule has 0 saturated carbocycles. The summed E-state index contributed by atoms with van der Waals surface area (Å²) in [5.41, 5.74) is -0.129. The second-order valence-corrected chi connectivity index (χ2v) is 5.92. The predicted octanol–water partition coefficient (Wildman–Crippen LogP) is 2.74. The molecule has 2 rings (SSSR count). The summed E-state index contributed by atoms with van der Waals surface area (Å²) in [6.45, 7) is 6.07. The second-order valence-electron chi connectivity index (χ2n) is 4.75. The van der Waals surface area contributed by atoms with Crippen molar-refractivity contribution < 1.29 is 4.79 Å². The van der Waals surface area contributed by atoms with Crippen molar-refractivity contribution in [3.8, 4) is 0 Å². The number of ketones is 1. The molecule has 2 heterocycles. The topological polar surface area (TPSA) is 44.0 Å². The normalized spacial score (nSPS) is 11.2. The van der Waals surface area contributed by atoms with Crippen molar-refractivity contribution in [2.24, 2.45) is 0 Å². The van der Waals surface area contributed by atoms with Crippen LogP contribution in [0.1, 0.15) is 41.4 Å². The largest absolute Gasteiger partial charge is 0.328 e. The maximum atomic E-state index is 12.1. The fourth-order valence-electron chi connectivity index (χ4n) is 1.89. The Balaban J connectivity index is 2.17. The Bertz CT molecular complexity index is 634. The average Bonchev–Trinajstić information content (AvgIpc) is 2.97. The smallest absolute Gasteiger partial charge is 0.297 e. The van der Waals surface area contributed by atoms with E-state index in [0.29, 0.717) is 0 Å². The van der Waals surface area contributed by atoms with E-state index < -0.39 is 0 Å². The number of Topliss-reactive ketones (excluding diaryl/α,β-unsaturated/α-hetero) is 1. The highest BCUT2D eigenvalue weighted by Crippen LogP contribution is 2.17. The number of carbonyl (C=O) groups excluding carboxylic acids is 1. The predicted molar refractivity (Wildman–Crippen MR) is 77.1 cm³/mol. The van der Waals surface area contributed by atoms with Crippen LogP contribution in [0.2, 0.25) is 0 Å². The van der Waals surface area contributed by atoms with Crippen LogP contribution in [0, 0.1) is 0 Å². The summed E-state index contributed by atoms with van der Waals surface area (Å²) in [5, 5.41) is 0. The van der Waals surface area contributed by atoms with E-state index in [-0.39, 0.29) is 24.1 Å². The Morgan fingerprint density at radius 2 is 2.05 bits per heavy atom. The molecule has 0 amide bonds. The lowest BCUT2D eigenvalue weighted by atomic mass is 10.3. The lowest BCUT2D eigenvalue weighted by molar-refractivity contribution is 0.0974. The highest BCUT2D eigenvalue weighted by atomic mass is 32.1. The van der Waals surface area contributed by atoms with Gasteiger partial charge in [0.25, 0.3) is 0 Å². The molecule has 4 nitrogen and oxygen atoms in total. The Labute approximate surface area is 116 Å². The Morgan fingerprint density at radius 1 is 1.32 bits per heavy atom. The van der Waals surface area contributed by atoms with Crippen molar-refractivity contribution in [2.45, 2.75) is 39.8 Å². The van der Waals surface area contributed by atoms with Crippen LogP contribution in [-0.4, -0.2) is 14.9 Å². The molecule has 0 fully saturated rings. The molecule has 0 unspecified atom stereocenters. The zero-order chi connectivity index (χ0) is 14.0. The van der Waals surface area contributed by atoms with Crippen molar-refractivity contribution in [1.82, 2.24) is 9.13 Å². The lowest BCUT2D eigenvalue weighted by Crippen LogP contribution is -2.27. The summed E-state index contributed by atoms with van der Waals surface area (Å²) >= 11 is 1.51. The molecule has 0 saturated heterocycles. The molecular formula is C14H18N2O2S. The number of imidazole rings is 1. The molecule has 0 aliphatic carbocycles. The monoisotopic (exact) mass is 278 g/mol. The number of aryl methyl sites for hydroxylation is 1. The molecular weight excluding hydrogens is 260 g/mol. The molecule has 19 heavy (non-hydrogen) atoms. The van der Waals surface area contributed by atoms with Gasteiger partial charge in [-0.05, 0) is 32.4 Å². The maximum Gasteiger partial charge on any atom is 0.328 e. The molecule has 0 aromatic carbocycles. The molecule has 0 spiro atoms. The Kier molecular flexibility index (Phi) is 4.04. The molecule has 0 aliphatic rings. The van der Waals surface area contributed by atoms with E-state index in [2.05, 4.69) is 6.92 Å². The molecule has 2 aromatic rings. The van der Waals surface area contributed by atoms with Crippen LogP contribution in [0.3, 0.4) is 0 Å². The summed E-state index contributed by atoms with van der Waals surface area (Å²) in [5.74, 6) is -0.00620. The van der Waals surface area contributed by atoms with Crippen LogP contribution in [0.25, 0.3) is 0 Å². The first-order valence-electron chi connectivity index (χ1n) is 6.42. The van der Waals surface area contributed by atoms with Gasteiger partial charge in [-0.15, -0.1) is 11.3 Å². The van der Waals surface area contributed by atoms with Crippen LogP contribution in [-0.2, 0) is 13.0 Å². The maximum absolute atomic E-state index is 12.1. The first-order chi connectivity index (χ1) is 9.02. The van der Waals surface area contributed by atoms with Gasteiger partial charge >= 0.3 is 5.69 Å². The summed E-state index contributed by atoms with van der Waals surface area (Å²) in [4.78, 5) is 26.0. The second kappa shape index (κ2) is 5.57. The molecule has 0 N–H and O–H groups in total. The number of hydrogen-bond donors (Lipinski definition) is 0. The van der Waals surface area contributed by atoms with E-state index in [4.69, 9.17) is 0 Å². The van der Waals surface area contributed by atoms with Crippen LogP contribution >= 0.6 is 11.3 Å². The average molecular weight is 278 g/mol. The zero-order valence-electron chi connectivity index (χ0n) is 11.4. The van der Waals surface area contributed by atoms with E-state index in [0.717, 1.165) is 11.3 Å². The number of nitrogens with zero attached hydrogens (tertiary/aromatic N) is 2. The van der Waals surface area contributed by atoms with Gasteiger partial charge in [-0.25, -0.2) is 4.79 Å². The van der Waals surface area contributed by atoms with Gasteiger partial charge in [0.05, 0.1) is 11.4 Å². The highest BCUT2D eigenvalue weighted by Gasteiger charge is 2.13. The van der Waals surface area contributed by atoms with E-state index in [9.17, 15) is 9.59 Å². The summed E-state index contributed by atoms with van der Waals surface area (Å²) < 4.78 is 3.09. The minimum Gasteiger partial charge on any atom is -0.297 e. The van der Waals surface area contributed by atoms with E-state index in [1.165, 1.54) is 20.8 Å². The van der Waals surface area contributed by atoms with Crippen LogP contribution in [0.4, 0.5) is 0 Å². The first-order valence-corrected chi connectivity index (χ1v) is 7.23. The Hall–Kier alpha value is -1.62.